The molecule has 1 heterocycles. The number of benzene rings is 4. The topological polar surface area (TPSA) is 90.3 Å². The van der Waals surface area contributed by atoms with Crippen LogP contribution in [0.15, 0.2) is 114 Å². The summed E-state index contributed by atoms with van der Waals surface area (Å²) in [7, 11) is 0. The van der Waals surface area contributed by atoms with Gasteiger partial charge < -0.3 is 10.1 Å². The molecule has 1 aromatic heterocycles. The monoisotopic (exact) mass is 489 g/mol. The number of carbonyl (C=O) groups excluding carboxylic acids is 2. The fourth-order valence-corrected chi connectivity index (χ4v) is 4.02. The second kappa shape index (κ2) is 10.7. The molecule has 0 radical (unpaired) electrons. The first-order valence-corrected chi connectivity index (χ1v) is 11.7. The van der Waals surface area contributed by atoms with Crippen molar-refractivity contribution >= 4 is 28.3 Å². The van der Waals surface area contributed by atoms with Gasteiger partial charge >= 0.3 is 5.97 Å². The van der Waals surface area contributed by atoms with Crippen LogP contribution in [0.2, 0.25) is 0 Å². The van der Waals surface area contributed by atoms with Gasteiger partial charge in [0.05, 0.1) is 11.9 Å². The molecule has 5 aromatic rings. The van der Waals surface area contributed by atoms with Crippen LogP contribution in [0.1, 0.15) is 16.1 Å². The summed E-state index contributed by atoms with van der Waals surface area (Å²) in [5, 5.41) is 7.74. The zero-order valence-corrected chi connectivity index (χ0v) is 19.8. The second-order valence-corrected chi connectivity index (χ2v) is 8.41. The number of carbonyl (C=O) groups is 2. The van der Waals surface area contributed by atoms with Crippen molar-refractivity contribution in [2.75, 3.05) is 11.9 Å². The van der Waals surface area contributed by atoms with Gasteiger partial charge in [-0.15, -0.1) is 0 Å². The molecule has 1 amide bonds. The van der Waals surface area contributed by atoms with Crippen LogP contribution in [0.4, 0.5) is 5.69 Å². The molecule has 0 fully saturated rings. The Hall–Kier alpha value is -5.04. The van der Waals surface area contributed by atoms with Crippen molar-refractivity contribution in [2.45, 2.75) is 6.54 Å². The molecule has 0 spiro atoms. The number of aromatic nitrogens is 2. The van der Waals surface area contributed by atoms with Gasteiger partial charge in [-0.05, 0) is 34.9 Å². The third-order valence-electron chi connectivity index (χ3n) is 5.85. The van der Waals surface area contributed by atoms with Crippen LogP contribution >= 0.6 is 0 Å². The molecule has 5 rings (SSSR count). The first-order valence-electron chi connectivity index (χ1n) is 11.7. The molecule has 0 aliphatic rings. The lowest BCUT2D eigenvalue weighted by atomic mass is 10.1. The van der Waals surface area contributed by atoms with Crippen molar-refractivity contribution in [1.82, 2.24) is 9.78 Å². The van der Waals surface area contributed by atoms with Crippen molar-refractivity contribution < 1.29 is 14.3 Å². The van der Waals surface area contributed by atoms with Gasteiger partial charge in [0, 0.05) is 11.1 Å². The lowest BCUT2D eigenvalue weighted by Crippen LogP contribution is -2.28. The largest absolute Gasteiger partial charge is 0.451 e. The molecule has 0 saturated carbocycles. The maximum Gasteiger partial charge on any atom is 0.359 e. The Kier molecular flexibility index (Phi) is 6.85. The van der Waals surface area contributed by atoms with Gasteiger partial charge in [-0.2, -0.15) is 5.10 Å². The van der Waals surface area contributed by atoms with Crippen LogP contribution in [-0.2, 0) is 16.1 Å². The smallest absolute Gasteiger partial charge is 0.359 e. The van der Waals surface area contributed by atoms with E-state index in [0.717, 1.165) is 16.7 Å². The number of rotatable bonds is 7. The number of amides is 1. The van der Waals surface area contributed by atoms with Crippen molar-refractivity contribution in [3.63, 3.8) is 0 Å². The minimum atomic E-state index is -0.785. The third kappa shape index (κ3) is 5.46. The second-order valence-electron chi connectivity index (χ2n) is 8.41. The van der Waals surface area contributed by atoms with Crippen LogP contribution in [0.3, 0.4) is 0 Å². The van der Waals surface area contributed by atoms with E-state index in [2.05, 4.69) is 10.4 Å². The molecule has 0 saturated heterocycles. The van der Waals surface area contributed by atoms with Gasteiger partial charge in [0.2, 0.25) is 0 Å². The van der Waals surface area contributed by atoms with E-state index < -0.39 is 18.5 Å². The molecule has 182 valence electrons. The Morgan fingerprint density at radius 1 is 0.730 bits per heavy atom. The molecule has 0 unspecified atom stereocenters. The van der Waals surface area contributed by atoms with E-state index >= 15 is 0 Å². The van der Waals surface area contributed by atoms with Gasteiger partial charge in [-0.25, -0.2) is 9.48 Å². The minimum absolute atomic E-state index is 0.0221. The van der Waals surface area contributed by atoms with Gasteiger partial charge in [0.15, 0.2) is 12.3 Å². The number of ether oxygens (including phenoxy) is 1. The zero-order valence-electron chi connectivity index (χ0n) is 19.8. The van der Waals surface area contributed by atoms with Gasteiger partial charge in [-0.3, -0.25) is 9.59 Å². The highest BCUT2D eigenvalue weighted by Crippen LogP contribution is 2.21. The molecular weight excluding hydrogens is 466 g/mol. The van der Waals surface area contributed by atoms with Gasteiger partial charge in [-0.1, -0.05) is 91.0 Å². The summed E-state index contributed by atoms with van der Waals surface area (Å²) in [5.74, 6) is -1.27. The standard InChI is InChI=1S/C30H23N3O4/c34-27(31-24-17-15-23(16-18-24)22-11-5-2-6-12-22)20-37-30(36)28-25-13-7-8-14-26(25)29(35)33(32-28)19-21-9-3-1-4-10-21/h1-18H,19-20H2,(H,31,34). The van der Waals surface area contributed by atoms with E-state index in [4.69, 9.17) is 4.74 Å². The summed E-state index contributed by atoms with van der Waals surface area (Å²) in [5.41, 5.74) is 3.21. The zero-order chi connectivity index (χ0) is 25.6. The fraction of sp³-hybridized carbons (Fsp3) is 0.0667. The van der Waals surface area contributed by atoms with Crippen molar-refractivity contribution in [3.05, 3.63) is 131 Å². The molecule has 1 N–H and O–H groups in total. The molecule has 4 aromatic carbocycles. The highest BCUT2D eigenvalue weighted by Gasteiger charge is 2.19. The van der Waals surface area contributed by atoms with E-state index in [1.807, 2.05) is 72.8 Å². The van der Waals surface area contributed by atoms with Gasteiger partial charge in [0.1, 0.15) is 0 Å². The Labute approximate surface area is 213 Å². The van der Waals surface area contributed by atoms with Crippen LogP contribution in [0, 0.1) is 0 Å². The Morgan fingerprint density at radius 2 is 1.32 bits per heavy atom. The number of hydrogen-bond acceptors (Lipinski definition) is 5. The van der Waals surface area contributed by atoms with Crippen LogP contribution in [0.5, 0.6) is 0 Å². The van der Waals surface area contributed by atoms with Crippen LogP contribution < -0.4 is 10.9 Å². The maximum atomic E-state index is 13.0. The normalized spacial score (nSPS) is 10.7. The lowest BCUT2D eigenvalue weighted by molar-refractivity contribution is -0.119. The first-order chi connectivity index (χ1) is 18.1. The van der Waals surface area contributed by atoms with Gasteiger partial charge in [0.25, 0.3) is 11.5 Å². The summed E-state index contributed by atoms with van der Waals surface area (Å²) in [6.45, 7) is -0.294. The highest BCUT2D eigenvalue weighted by atomic mass is 16.5. The summed E-state index contributed by atoms with van der Waals surface area (Å²) in [4.78, 5) is 38.4. The average Bonchev–Trinajstić information content (AvgIpc) is 2.95. The van der Waals surface area contributed by atoms with Crippen molar-refractivity contribution in [3.8, 4) is 11.1 Å². The van der Waals surface area contributed by atoms with E-state index in [0.29, 0.717) is 16.5 Å². The average molecular weight is 490 g/mol. The fourth-order valence-electron chi connectivity index (χ4n) is 4.02. The van der Waals surface area contributed by atoms with E-state index in [9.17, 15) is 14.4 Å². The third-order valence-corrected chi connectivity index (χ3v) is 5.85. The summed E-state index contributed by atoms with van der Waals surface area (Å²) in [6, 6.07) is 33.4. The molecule has 37 heavy (non-hydrogen) atoms. The SMILES string of the molecule is O=C(COC(=O)c1nn(Cc2ccccc2)c(=O)c2ccccc12)Nc1ccc(-c2ccccc2)cc1. The number of nitrogens with zero attached hydrogens (tertiary/aromatic N) is 2. The number of anilines is 1. The molecule has 0 bridgehead atoms. The minimum Gasteiger partial charge on any atom is -0.451 e. The first kappa shape index (κ1) is 23.7. The summed E-state index contributed by atoms with van der Waals surface area (Å²) >= 11 is 0. The molecule has 7 nitrogen and oxygen atoms in total. The number of nitrogens with one attached hydrogen (secondary N) is 1. The Morgan fingerprint density at radius 3 is 2.03 bits per heavy atom. The highest BCUT2D eigenvalue weighted by molar-refractivity contribution is 6.03. The Balaban J connectivity index is 1.29. The Bertz CT molecular complexity index is 1610. The molecule has 0 atom stereocenters. The van der Waals surface area contributed by atoms with E-state index in [1.165, 1.54) is 4.68 Å². The lowest BCUT2D eigenvalue weighted by Gasteiger charge is -2.11. The van der Waals surface area contributed by atoms with E-state index in [-0.39, 0.29) is 17.8 Å². The molecule has 0 aliphatic heterocycles. The maximum absolute atomic E-state index is 13.0. The number of fused-ring (bicyclic) bond motifs is 1. The molecule has 7 heteroatoms. The quantitative estimate of drug-likeness (QED) is 0.328. The van der Waals surface area contributed by atoms with E-state index in [1.54, 1.807) is 36.4 Å². The molecular formula is C30H23N3O4. The van der Waals surface area contributed by atoms with Crippen molar-refractivity contribution in [1.29, 1.82) is 0 Å². The van der Waals surface area contributed by atoms with Crippen LogP contribution in [0.25, 0.3) is 21.9 Å². The molecule has 0 aliphatic carbocycles. The number of esters is 1. The summed E-state index contributed by atoms with van der Waals surface area (Å²) < 4.78 is 6.52. The summed E-state index contributed by atoms with van der Waals surface area (Å²) in [6.07, 6.45) is 0. The number of hydrogen-bond donors (Lipinski definition) is 1. The van der Waals surface area contributed by atoms with Crippen LogP contribution in [-0.4, -0.2) is 28.3 Å². The van der Waals surface area contributed by atoms with Crippen molar-refractivity contribution in [2.24, 2.45) is 0 Å². The predicted molar refractivity (Wildman–Crippen MR) is 142 cm³/mol. The predicted octanol–water partition coefficient (Wildman–Crippen LogP) is 4.91.